The van der Waals surface area contributed by atoms with E-state index in [2.05, 4.69) is 55.3 Å². The van der Waals surface area contributed by atoms with Crippen molar-refractivity contribution in [2.45, 2.75) is 45.6 Å². The Labute approximate surface area is 160 Å². The summed E-state index contributed by atoms with van der Waals surface area (Å²) in [4.78, 5) is 14.5. The Morgan fingerprint density at radius 1 is 1.33 bits per heavy atom. The molecule has 0 saturated heterocycles. The second-order valence-electron chi connectivity index (χ2n) is 7.69. The van der Waals surface area contributed by atoms with E-state index >= 15 is 0 Å². The number of hydrazone groups is 1. The molecule has 3 rings (SSSR count). The Hall–Kier alpha value is -2.69. The molecule has 0 bridgehead atoms. The number of anilines is 1. The highest BCUT2D eigenvalue weighted by atomic mass is 19.1. The molecular formula is C22H26FN3O. The molecule has 1 aliphatic rings. The quantitative estimate of drug-likeness (QED) is 0.629. The number of benzene rings is 2. The molecule has 1 atom stereocenters. The molecule has 1 N–H and O–H groups in total. The number of nitrogens with zero attached hydrogens (tertiary/aromatic N) is 2. The average molecular weight is 367 g/mol. The van der Waals surface area contributed by atoms with Crippen molar-refractivity contribution in [2.75, 3.05) is 11.4 Å². The van der Waals surface area contributed by atoms with Crippen LogP contribution in [-0.4, -0.2) is 24.2 Å². The lowest BCUT2D eigenvalue weighted by Gasteiger charge is -2.47. The third-order valence-corrected chi connectivity index (χ3v) is 5.19. The van der Waals surface area contributed by atoms with Gasteiger partial charge in [0.2, 0.25) is 0 Å². The number of rotatable bonds is 4. The first-order valence-electron chi connectivity index (χ1n) is 9.32. The molecule has 1 aliphatic heterocycles. The number of fused-ring (bicyclic) bond motifs is 1. The molecule has 0 saturated carbocycles. The summed E-state index contributed by atoms with van der Waals surface area (Å²) in [6.07, 6.45) is 2.71. The second kappa shape index (κ2) is 7.51. The van der Waals surface area contributed by atoms with E-state index in [1.807, 2.05) is 6.07 Å². The molecule has 27 heavy (non-hydrogen) atoms. The van der Waals surface area contributed by atoms with Crippen molar-refractivity contribution in [3.63, 3.8) is 0 Å². The Bertz CT molecular complexity index is 876. The van der Waals surface area contributed by atoms with Gasteiger partial charge in [-0.1, -0.05) is 19.1 Å². The summed E-state index contributed by atoms with van der Waals surface area (Å²) >= 11 is 0. The Morgan fingerprint density at radius 2 is 2.11 bits per heavy atom. The van der Waals surface area contributed by atoms with Gasteiger partial charge in [0.1, 0.15) is 5.82 Å². The molecular weight excluding hydrogens is 341 g/mol. The maximum atomic E-state index is 13.2. The SMILES string of the molecule is CCN1c2ccc(/C=N/NC(=O)c3cccc(F)c3)cc2C(C)CC1(C)C. The molecule has 5 heteroatoms. The molecule has 1 heterocycles. The number of halogens is 1. The van der Waals surface area contributed by atoms with Gasteiger partial charge in [0.25, 0.3) is 5.91 Å². The van der Waals surface area contributed by atoms with Crippen LogP contribution in [0.5, 0.6) is 0 Å². The van der Waals surface area contributed by atoms with Gasteiger partial charge in [-0.05, 0) is 74.6 Å². The number of carbonyl (C=O) groups excluding carboxylic acids is 1. The highest BCUT2D eigenvalue weighted by molar-refractivity contribution is 5.94. The van der Waals surface area contributed by atoms with Crippen molar-refractivity contribution < 1.29 is 9.18 Å². The molecule has 142 valence electrons. The van der Waals surface area contributed by atoms with E-state index in [9.17, 15) is 9.18 Å². The number of nitrogens with one attached hydrogen (secondary N) is 1. The lowest BCUT2D eigenvalue weighted by Crippen LogP contribution is -2.48. The van der Waals surface area contributed by atoms with E-state index in [1.54, 1.807) is 12.3 Å². The molecule has 0 aliphatic carbocycles. The summed E-state index contributed by atoms with van der Waals surface area (Å²) in [5.41, 5.74) is 6.32. The van der Waals surface area contributed by atoms with Gasteiger partial charge in [-0.15, -0.1) is 0 Å². The number of hydrogen-bond acceptors (Lipinski definition) is 3. The molecule has 0 radical (unpaired) electrons. The second-order valence-corrected chi connectivity index (χ2v) is 7.69. The summed E-state index contributed by atoms with van der Waals surface area (Å²) in [5.74, 6) is -0.428. The van der Waals surface area contributed by atoms with Gasteiger partial charge in [-0.2, -0.15) is 5.10 Å². The summed E-state index contributed by atoms with van der Waals surface area (Å²) in [6, 6.07) is 11.8. The van der Waals surface area contributed by atoms with Crippen molar-refractivity contribution in [2.24, 2.45) is 5.10 Å². The predicted molar refractivity (Wildman–Crippen MR) is 108 cm³/mol. The highest BCUT2D eigenvalue weighted by Crippen LogP contribution is 2.43. The van der Waals surface area contributed by atoms with Crippen molar-refractivity contribution in [3.05, 3.63) is 65.0 Å². The van der Waals surface area contributed by atoms with Gasteiger partial charge in [0.05, 0.1) is 6.21 Å². The molecule has 0 fully saturated rings. The molecule has 2 aromatic rings. The third kappa shape index (κ3) is 4.02. The lowest BCUT2D eigenvalue weighted by molar-refractivity contribution is 0.0954. The Balaban J connectivity index is 1.76. The monoisotopic (exact) mass is 367 g/mol. The van der Waals surface area contributed by atoms with Crippen LogP contribution in [0.4, 0.5) is 10.1 Å². The van der Waals surface area contributed by atoms with Crippen LogP contribution in [0.1, 0.15) is 61.5 Å². The van der Waals surface area contributed by atoms with Crippen molar-refractivity contribution in [1.82, 2.24) is 5.43 Å². The van der Waals surface area contributed by atoms with Crippen LogP contribution in [-0.2, 0) is 0 Å². The highest BCUT2D eigenvalue weighted by Gasteiger charge is 2.35. The average Bonchev–Trinajstić information content (AvgIpc) is 2.61. The first-order valence-corrected chi connectivity index (χ1v) is 9.32. The fourth-order valence-corrected chi connectivity index (χ4v) is 4.05. The maximum Gasteiger partial charge on any atom is 0.271 e. The minimum atomic E-state index is -0.446. The van der Waals surface area contributed by atoms with Gasteiger partial charge in [-0.25, -0.2) is 9.82 Å². The number of carbonyl (C=O) groups is 1. The third-order valence-electron chi connectivity index (χ3n) is 5.19. The molecule has 1 unspecified atom stereocenters. The van der Waals surface area contributed by atoms with Crippen LogP contribution in [0, 0.1) is 5.82 Å². The summed E-state index contributed by atoms with van der Waals surface area (Å²) in [7, 11) is 0. The van der Waals surface area contributed by atoms with Crippen molar-refractivity contribution >= 4 is 17.8 Å². The zero-order chi connectivity index (χ0) is 19.6. The van der Waals surface area contributed by atoms with Gasteiger partial charge in [0.15, 0.2) is 0 Å². The fourth-order valence-electron chi connectivity index (χ4n) is 4.05. The Kier molecular flexibility index (Phi) is 5.31. The van der Waals surface area contributed by atoms with E-state index < -0.39 is 11.7 Å². The zero-order valence-electron chi connectivity index (χ0n) is 16.3. The molecule has 4 nitrogen and oxygen atoms in total. The molecule has 0 aromatic heterocycles. The Morgan fingerprint density at radius 3 is 2.81 bits per heavy atom. The van der Waals surface area contributed by atoms with E-state index in [1.165, 1.54) is 29.4 Å². The standard InChI is InChI=1S/C22H26FN3O/c1-5-26-20-10-9-16(11-19(20)15(2)13-22(26,3)4)14-24-25-21(27)17-7-6-8-18(23)12-17/h6-12,14-15H,5,13H2,1-4H3,(H,25,27)/b24-14+. The van der Waals surface area contributed by atoms with Gasteiger partial charge < -0.3 is 4.90 Å². The maximum absolute atomic E-state index is 13.2. The zero-order valence-corrected chi connectivity index (χ0v) is 16.3. The fraction of sp³-hybridized carbons (Fsp3) is 0.364. The molecule has 0 spiro atoms. The van der Waals surface area contributed by atoms with Crippen molar-refractivity contribution in [3.8, 4) is 0 Å². The molecule has 2 aromatic carbocycles. The van der Waals surface area contributed by atoms with Crippen LogP contribution in [0.25, 0.3) is 0 Å². The molecule has 1 amide bonds. The largest absolute Gasteiger partial charge is 0.366 e. The summed E-state index contributed by atoms with van der Waals surface area (Å²) in [5, 5.41) is 4.03. The van der Waals surface area contributed by atoms with Crippen LogP contribution in [0.3, 0.4) is 0 Å². The minimum absolute atomic E-state index is 0.135. The van der Waals surface area contributed by atoms with Gasteiger partial charge in [0, 0.05) is 23.3 Å². The predicted octanol–water partition coefficient (Wildman–Crippen LogP) is 4.70. The van der Waals surface area contributed by atoms with Crippen LogP contribution in [0.2, 0.25) is 0 Å². The number of hydrogen-bond donors (Lipinski definition) is 1. The van der Waals surface area contributed by atoms with E-state index in [0.29, 0.717) is 5.92 Å². The smallest absolute Gasteiger partial charge is 0.271 e. The van der Waals surface area contributed by atoms with Gasteiger partial charge >= 0.3 is 0 Å². The van der Waals surface area contributed by atoms with Gasteiger partial charge in [-0.3, -0.25) is 4.79 Å². The van der Waals surface area contributed by atoms with Crippen LogP contribution in [0.15, 0.2) is 47.6 Å². The van der Waals surface area contributed by atoms with E-state index in [0.717, 1.165) is 18.5 Å². The van der Waals surface area contributed by atoms with E-state index in [-0.39, 0.29) is 11.1 Å². The van der Waals surface area contributed by atoms with Crippen LogP contribution >= 0.6 is 0 Å². The normalized spacial score (nSPS) is 18.4. The van der Waals surface area contributed by atoms with Crippen molar-refractivity contribution in [1.29, 1.82) is 0 Å². The minimum Gasteiger partial charge on any atom is -0.366 e. The first-order chi connectivity index (χ1) is 12.8. The first kappa shape index (κ1) is 19.1. The summed E-state index contributed by atoms with van der Waals surface area (Å²) < 4.78 is 13.2. The topological polar surface area (TPSA) is 44.7 Å². The van der Waals surface area contributed by atoms with E-state index in [4.69, 9.17) is 0 Å². The number of amides is 1. The lowest BCUT2D eigenvalue weighted by atomic mass is 9.79. The summed E-state index contributed by atoms with van der Waals surface area (Å²) in [6.45, 7) is 9.96. The van der Waals surface area contributed by atoms with Crippen LogP contribution < -0.4 is 10.3 Å².